The smallest absolute Gasteiger partial charge is 0.228 e. The van der Waals surface area contributed by atoms with Crippen LogP contribution >= 0.6 is 0 Å². The van der Waals surface area contributed by atoms with Crippen molar-refractivity contribution in [1.29, 1.82) is 0 Å². The first kappa shape index (κ1) is 13.1. The van der Waals surface area contributed by atoms with E-state index in [1.54, 1.807) is 6.07 Å². The summed E-state index contributed by atoms with van der Waals surface area (Å²) >= 11 is 0. The van der Waals surface area contributed by atoms with Crippen LogP contribution in [0.2, 0.25) is 0 Å². The van der Waals surface area contributed by atoms with Crippen LogP contribution in [0.3, 0.4) is 0 Å². The van der Waals surface area contributed by atoms with Gasteiger partial charge in [0.25, 0.3) is 0 Å². The number of likely N-dealkylation sites (N-methyl/N-ethyl adjacent to an activating group) is 1. The second-order valence-electron chi connectivity index (χ2n) is 5.19. The van der Waals surface area contributed by atoms with E-state index in [2.05, 4.69) is 12.1 Å². The maximum atomic E-state index is 12.2. The van der Waals surface area contributed by atoms with E-state index in [1.165, 1.54) is 25.5 Å². The van der Waals surface area contributed by atoms with Crippen LogP contribution in [0.15, 0.2) is 16.9 Å². The van der Waals surface area contributed by atoms with Gasteiger partial charge in [-0.3, -0.25) is 4.79 Å². The van der Waals surface area contributed by atoms with Crippen LogP contribution in [0.4, 0.5) is 0 Å². The molecule has 18 heavy (non-hydrogen) atoms. The second kappa shape index (κ2) is 6.03. The fourth-order valence-electron chi connectivity index (χ4n) is 2.97. The third-order valence-corrected chi connectivity index (χ3v) is 4.11. The third kappa shape index (κ3) is 2.92. The Balaban J connectivity index is 1.96. The van der Waals surface area contributed by atoms with Gasteiger partial charge in [0.05, 0.1) is 12.1 Å². The Bertz CT molecular complexity index is 375. The zero-order chi connectivity index (χ0) is 13.0. The first-order valence-corrected chi connectivity index (χ1v) is 6.87. The second-order valence-corrected chi connectivity index (χ2v) is 5.19. The number of carbonyl (C=O) groups excluding carboxylic acids is 1. The first-order chi connectivity index (χ1) is 8.72. The largest absolute Gasteiger partial charge is 0.364 e. The molecule has 1 saturated carbocycles. The molecule has 1 aliphatic rings. The van der Waals surface area contributed by atoms with Gasteiger partial charge in [0.15, 0.2) is 0 Å². The highest BCUT2D eigenvalue weighted by atomic mass is 16.5. The normalized spacial score (nSPS) is 23.9. The third-order valence-electron chi connectivity index (χ3n) is 4.11. The summed E-state index contributed by atoms with van der Waals surface area (Å²) in [7, 11) is 1.93. The van der Waals surface area contributed by atoms with Crippen LogP contribution in [0.1, 0.15) is 44.7 Å². The summed E-state index contributed by atoms with van der Waals surface area (Å²) < 4.78 is 4.76. The van der Waals surface area contributed by atoms with Gasteiger partial charge < -0.3 is 9.42 Å². The number of nitrogens with zero attached hydrogens (tertiary/aromatic N) is 2. The molecular formula is C14H22N2O2. The van der Waals surface area contributed by atoms with Gasteiger partial charge in [-0.25, -0.2) is 0 Å². The molecule has 0 aliphatic heterocycles. The molecule has 0 aromatic carbocycles. The zero-order valence-electron chi connectivity index (χ0n) is 11.3. The maximum Gasteiger partial charge on any atom is 0.228 e. The van der Waals surface area contributed by atoms with E-state index in [4.69, 9.17) is 4.52 Å². The highest BCUT2D eigenvalue weighted by molar-refractivity contribution is 5.78. The molecule has 1 aliphatic carbocycles. The summed E-state index contributed by atoms with van der Waals surface area (Å²) in [6.45, 7) is 2.22. The fourth-order valence-corrected chi connectivity index (χ4v) is 2.97. The van der Waals surface area contributed by atoms with Gasteiger partial charge in [0.2, 0.25) is 5.91 Å². The van der Waals surface area contributed by atoms with Gasteiger partial charge in [-0.15, -0.1) is 0 Å². The van der Waals surface area contributed by atoms with Crippen LogP contribution in [-0.2, 0) is 11.2 Å². The molecule has 1 aromatic heterocycles. The zero-order valence-corrected chi connectivity index (χ0v) is 11.3. The molecule has 2 atom stereocenters. The lowest BCUT2D eigenvalue weighted by Gasteiger charge is -2.37. The Morgan fingerprint density at radius 3 is 2.94 bits per heavy atom. The van der Waals surface area contributed by atoms with Crippen LogP contribution in [-0.4, -0.2) is 29.1 Å². The fraction of sp³-hybridized carbons (Fsp3) is 0.714. The number of rotatable bonds is 4. The minimum absolute atomic E-state index is 0.147. The van der Waals surface area contributed by atoms with Crippen LogP contribution in [0.25, 0.3) is 0 Å². The molecule has 1 amide bonds. The molecule has 0 N–H and O–H groups in total. The van der Waals surface area contributed by atoms with E-state index in [1.807, 2.05) is 11.9 Å². The predicted molar refractivity (Wildman–Crippen MR) is 69.0 cm³/mol. The van der Waals surface area contributed by atoms with E-state index in [0.29, 0.717) is 18.4 Å². The predicted octanol–water partition coefficient (Wildman–Crippen LogP) is 2.64. The Morgan fingerprint density at radius 2 is 2.28 bits per heavy atom. The van der Waals surface area contributed by atoms with Gasteiger partial charge in [0, 0.05) is 19.2 Å². The quantitative estimate of drug-likeness (QED) is 0.825. The number of hydrogen-bond donors (Lipinski definition) is 0. The van der Waals surface area contributed by atoms with Crippen molar-refractivity contribution in [2.24, 2.45) is 5.92 Å². The number of aromatic nitrogens is 1. The Labute approximate surface area is 108 Å². The summed E-state index contributed by atoms with van der Waals surface area (Å²) in [5, 5.41) is 3.80. The van der Waals surface area contributed by atoms with E-state index >= 15 is 0 Å². The lowest BCUT2D eigenvalue weighted by Crippen LogP contribution is -2.44. The topological polar surface area (TPSA) is 46.3 Å². The van der Waals surface area contributed by atoms with Crippen molar-refractivity contribution in [3.63, 3.8) is 0 Å². The summed E-state index contributed by atoms with van der Waals surface area (Å²) in [5.41, 5.74) is 0.718. The lowest BCUT2D eigenvalue weighted by molar-refractivity contribution is -0.133. The van der Waals surface area contributed by atoms with Gasteiger partial charge in [-0.05, 0) is 18.8 Å². The van der Waals surface area contributed by atoms with Crippen molar-refractivity contribution >= 4 is 5.91 Å². The highest BCUT2D eigenvalue weighted by Gasteiger charge is 2.29. The molecule has 0 spiro atoms. The minimum Gasteiger partial charge on any atom is -0.364 e. The van der Waals surface area contributed by atoms with Crippen LogP contribution < -0.4 is 0 Å². The van der Waals surface area contributed by atoms with E-state index in [0.717, 1.165) is 18.5 Å². The van der Waals surface area contributed by atoms with Crippen molar-refractivity contribution in [2.75, 3.05) is 7.05 Å². The molecular weight excluding hydrogens is 228 g/mol. The lowest BCUT2D eigenvalue weighted by atomic mass is 9.82. The molecule has 0 bridgehead atoms. The van der Waals surface area contributed by atoms with Crippen molar-refractivity contribution in [3.05, 3.63) is 18.0 Å². The maximum absolute atomic E-state index is 12.2. The average molecular weight is 250 g/mol. The summed E-state index contributed by atoms with van der Waals surface area (Å²) in [6, 6.07) is 2.16. The summed E-state index contributed by atoms with van der Waals surface area (Å²) in [5.74, 6) is 0.805. The van der Waals surface area contributed by atoms with Gasteiger partial charge in [-0.2, -0.15) is 0 Å². The number of hydrogen-bond acceptors (Lipinski definition) is 3. The minimum atomic E-state index is 0.147. The molecule has 1 fully saturated rings. The van der Waals surface area contributed by atoms with Gasteiger partial charge in [0.1, 0.15) is 6.26 Å². The van der Waals surface area contributed by atoms with E-state index in [-0.39, 0.29) is 5.91 Å². The van der Waals surface area contributed by atoms with E-state index < -0.39 is 0 Å². The highest BCUT2D eigenvalue weighted by Crippen LogP contribution is 2.30. The standard InChI is InChI=1S/C14H22N2O2/c1-3-11-6-4-5-7-13(11)16(2)14(17)10-12-8-9-18-15-12/h8-9,11,13H,3-7,10H2,1-2H3/t11-,13+/m1/s1. The van der Waals surface area contributed by atoms with Crippen molar-refractivity contribution in [1.82, 2.24) is 10.1 Å². The summed E-state index contributed by atoms with van der Waals surface area (Å²) in [6.07, 6.45) is 7.95. The molecule has 1 heterocycles. The monoisotopic (exact) mass is 250 g/mol. The van der Waals surface area contributed by atoms with E-state index in [9.17, 15) is 4.79 Å². The average Bonchev–Trinajstić information content (AvgIpc) is 2.90. The number of carbonyl (C=O) groups is 1. The molecule has 2 rings (SSSR count). The molecule has 0 radical (unpaired) electrons. The molecule has 4 nitrogen and oxygen atoms in total. The van der Waals surface area contributed by atoms with Crippen molar-refractivity contribution in [2.45, 2.75) is 51.5 Å². The molecule has 100 valence electrons. The Kier molecular flexibility index (Phi) is 4.39. The van der Waals surface area contributed by atoms with Crippen LogP contribution in [0, 0.1) is 5.92 Å². The molecule has 1 aromatic rings. The molecule has 0 saturated heterocycles. The summed E-state index contributed by atoms with van der Waals surface area (Å²) in [4.78, 5) is 14.1. The molecule has 4 heteroatoms. The van der Waals surface area contributed by atoms with Gasteiger partial charge >= 0.3 is 0 Å². The van der Waals surface area contributed by atoms with Crippen molar-refractivity contribution < 1.29 is 9.32 Å². The first-order valence-electron chi connectivity index (χ1n) is 6.87. The van der Waals surface area contributed by atoms with Gasteiger partial charge in [-0.1, -0.05) is 31.3 Å². The Morgan fingerprint density at radius 1 is 1.50 bits per heavy atom. The Hall–Kier alpha value is -1.32. The van der Waals surface area contributed by atoms with Crippen molar-refractivity contribution in [3.8, 4) is 0 Å². The van der Waals surface area contributed by atoms with Crippen LogP contribution in [0.5, 0.6) is 0 Å². The SMILES string of the molecule is CC[C@@H]1CCCC[C@@H]1N(C)C(=O)Cc1ccon1. The molecule has 0 unspecified atom stereocenters. The number of amides is 1.